The number of ether oxygens (including phenoxy) is 1. The summed E-state index contributed by atoms with van der Waals surface area (Å²) in [6.45, 7) is 3.67. The molecule has 20 heavy (non-hydrogen) atoms. The Labute approximate surface area is 119 Å². The summed E-state index contributed by atoms with van der Waals surface area (Å²) >= 11 is 0. The molecule has 0 fully saturated rings. The number of nitrogens with zero attached hydrogens (tertiary/aromatic N) is 3. The third kappa shape index (κ3) is 3.60. The molecule has 106 valence electrons. The second-order valence-corrected chi connectivity index (χ2v) is 4.50. The molecule has 0 spiro atoms. The molecule has 0 bridgehead atoms. The molecule has 5 nitrogen and oxygen atoms in total. The van der Waals surface area contributed by atoms with Gasteiger partial charge in [-0.25, -0.2) is 9.97 Å². The molecule has 0 atom stereocenters. The predicted octanol–water partition coefficient (Wildman–Crippen LogP) is 2.55. The molecule has 1 heterocycles. The number of benzene rings is 1. The Balaban J connectivity index is 2.06. The summed E-state index contributed by atoms with van der Waals surface area (Å²) in [6.07, 6.45) is 1.58. The third-order valence-corrected chi connectivity index (χ3v) is 2.98. The van der Waals surface area contributed by atoms with Gasteiger partial charge in [-0.3, -0.25) is 0 Å². The van der Waals surface area contributed by atoms with Crippen LogP contribution < -0.4 is 15.0 Å². The fourth-order valence-corrected chi connectivity index (χ4v) is 1.92. The van der Waals surface area contributed by atoms with Gasteiger partial charge in [0.05, 0.1) is 7.11 Å². The van der Waals surface area contributed by atoms with Crippen molar-refractivity contribution < 1.29 is 4.74 Å². The zero-order chi connectivity index (χ0) is 14.4. The Morgan fingerprint density at radius 2 is 1.95 bits per heavy atom. The van der Waals surface area contributed by atoms with Gasteiger partial charge in [0.15, 0.2) is 0 Å². The lowest BCUT2D eigenvalue weighted by Crippen LogP contribution is -2.18. The van der Waals surface area contributed by atoms with Crippen molar-refractivity contribution in [2.45, 2.75) is 13.5 Å². The average Bonchev–Trinajstić information content (AvgIpc) is 2.48. The lowest BCUT2D eigenvalue weighted by molar-refractivity contribution is 0.414. The fraction of sp³-hybridized carbons (Fsp3) is 0.333. The highest BCUT2D eigenvalue weighted by molar-refractivity contribution is 5.48. The van der Waals surface area contributed by atoms with Crippen molar-refractivity contribution >= 4 is 11.6 Å². The van der Waals surface area contributed by atoms with Crippen molar-refractivity contribution in [1.82, 2.24) is 9.97 Å². The zero-order valence-electron chi connectivity index (χ0n) is 12.1. The summed E-state index contributed by atoms with van der Waals surface area (Å²) in [7, 11) is 3.69. The maximum atomic E-state index is 5.16. The van der Waals surface area contributed by atoms with Crippen molar-refractivity contribution in [1.29, 1.82) is 0 Å². The van der Waals surface area contributed by atoms with Crippen LogP contribution in [0.2, 0.25) is 0 Å². The van der Waals surface area contributed by atoms with E-state index in [9.17, 15) is 0 Å². The van der Waals surface area contributed by atoms with E-state index in [0.29, 0.717) is 0 Å². The first-order valence-corrected chi connectivity index (χ1v) is 6.63. The fourth-order valence-electron chi connectivity index (χ4n) is 1.92. The maximum Gasteiger partial charge on any atom is 0.134 e. The minimum Gasteiger partial charge on any atom is -0.497 e. The first-order valence-electron chi connectivity index (χ1n) is 6.63. The molecular weight excluding hydrogens is 252 g/mol. The molecule has 1 N–H and O–H groups in total. The van der Waals surface area contributed by atoms with Crippen LogP contribution >= 0.6 is 0 Å². The van der Waals surface area contributed by atoms with E-state index >= 15 is 0 Å². The quantitative estimate of drug-likeness (QED) is 0.875. The Bertz CT molecular complexity index is 542. The Hall–Kier alpha value is -2.30. The molecule has 1 aromatic carbocycles. The second kappa shape index (κ2) is 6.75. The normalized spacial score (nSPS) is 10.2. The van der Waals surface area contributed by atoms with Crippen LogP contribution in [0.5, 0.6) is 5.75 Å². The Morgan fingerprint density at radius 3 is 2.60 bits per heavy atom. The van der Waals surface area contributed by atoms with Crippen LogP contribution in [0.4, 0.5) is 11.6 Å². The number of hydrogen-bond acceptors (Lipinski definition) is 5. The van der Waals surface area contributed by atoms with E-state index in [1.807, 2.05) is 32.2 Å². The van der Waals surface area contributed by atoms with Crippen molar-refractivity contribution in [3.63, 3.8) is 0 Å². The highest BCUT2D eigenvalue weighted by atomic mass is 16.5. The van der Waals surface area contributed by atoms with Crippen LogP contribution in [0.1, 0.15) is 12.5 Å². The summed E-state index contributed by atoms with van der Waals surface area (Å²) in [5.74, 6) is 2.61. The molecule has 2 aromatic rings. The lowest BCUT2D eigenvalue weighted by Gasteiger charge is -2.18. The number of anilines is 2. The lowest BCUT2D eigenvalue weighted by atomic mass is 10.2. The predicted molar refractivity (Wildman–Crippen MR) is 81.3 cm³/mol. The van der Waals surface area contributed by atoms with E-state index in [0.717, 1.165) is 30.5 Å². The largest absolute Gasteiger partial charge is 0.497 e. The van der Waals surface area contributed by atoms with Gasteiger partial charge in [0.2, 0.25) is 0 Å². The summed E-state index contributed by atoms with van der Waals surface area (Å²) in [4.78, 5) is 10.6. The van der Waals surface area contributed by atoms with E-state index in [1.165, 1.54) is 5.56 Å². The van der Waals surface area contributed by atoms with Crippen LogP contribution in [0.15, 0.2) is 36.7 Å². The first-order chi connectivity index (χ1) is 9.72. The molecular formula is C15H20N4O. The highest BCUT2D eigenvalue weighted by Crippen LogP contribution is 2.17. The molecule has 0 amide bonds. The minimum absolute atomic E-state index is 0.784. The number of aromatic nitrogens is 2. The highest BCUT2D eigenvalue weighted by Gasteiger charge is 2.05. The Kier molecular flexibility index (Phi) is 4.76. The SMILES string of the molecule is CCNc1cc(N(C)Cc2ccc(OC)cc2)ncn1. The van der Waals surface area contributed by atoms with Crippen LogP contribution in [0.25, 0.3) is 0 Å². The number of nitrogens with one attached hydrogen (secondary N) is 1. The van der Waals surface area contributed by atoms with Crippen molar-refractivity contribution in [3.05, 3.63) is 42.2 Å². The van der Waals surface area contributed by atoms with E-state index in [2.05, 4.69) is 32.3 Å². The van der Waals surface area contributed by atoms with Gasteiger partial charge in [-0.15, -0.1) is 0 Å². The first kappa shape index (κ1) is 14.1. The van der Waals surface area contributed by atoms with E-state index in [4.69, 9.17) is 4.74 Å². The second-order valence-electron chi connectivity index (χ2n) is 4.50. The van der Waals surface area contributed by atoms with Gasteiger partial charge in [0.25, 0.3) is 0 Å². The van der Waals surface area contributed by atoms with Crippen LogP contribution in [-0.2, 0) is 6.54 Å². The number of methoxy groups -OCH3 is 1. The molecule has 5 heteroatoms. The molecule has 0 saturated heterocycles. The molecule has 1 aromatic heterocycles. The van der Waals surface area contributed by atoms with Gasteiger partial charge in [-0.1, -0.05) is 12.1 Å². The van der Waals surface area contributed by atoms with Gasteiger partial charge in [-0.2, -0.15) is 0 Å². The summed E-state index contributed by atoms with van der Waals surface area (Å²) in [5, 5.41) is 3.19. The Morgan fingerprint density at radius 1 is 1.20 bits per heavy atom. The number of rotatable bonds is 6. The number of hydrogen-bond donors (Lipinski definition) is 1. The average molecular weight is 272 g/mol. The third-order valence-electron chi connectivity index (χ3n) is 2.98. The summed E-state index contributed by atoms with van der Waals surface area (Å²) < 4.78 is 5.16. The van der Waals surface area contributed by atoms with Crippen molar-refractivity contribution in [2.24, 2.45) is 0 Å². The maximum absolute atomic E-state index is 5.16. The summed E-state index contributed by atoms with van der Waals surface area (Å²) in [6, 6.07) is 10.00. The summed E-state index contributed by atoms with van der Waals surface area (Å²) in [5.41, 5.74) is 1.21. The van der Waals surface area contributed by atoms with Crippen molar-refractivity contribution in [2.75, 3.05) is 30.9 Å². The molecule has 0 unspecified atom stereocenters. The van der Waals surface area contributed by atoms with E-state index in [-0.39, 0.29) is 0 Å². The smallest absolute Gasteiger partial charge is 0.134 e. The van der Waals surface area contributed by atoms with Crippen molar-refractivity contribution in [3.8, 4) is 5.75 Å². The van der Waals surface area contributed by atoms with Gasteiger partial charge in [0, 0.05) is 26.2 Å². The van der Waals surface area contributed by atoms with E-state index in [1.54, 1.807) is 13.4 Å². The van der Waals surface area contributed by atoms with Crippen LogP contribution in [0, 0.1) is 0 Å². The van der Waals surface area contributed by atoms with E-state index < -0.39 is 0 Å². The molecule has 0 aliphatic carbocycles. The van der Waals surface area contributed by atoms with Gasteiger partial charge >= 0.3 is 0 Å². The van der Waals surface area contributed by atoms with Gasteiger partial charge in [0.1, 0.15) is 23.7 Å². The van der Waals surface area contributed by atoms with Gasteiger partial charge < -0.3 is 15.0 Å². The molecule has 0 aliphatic heterocycles. The molecule has 0 radical (unpaired) electrons. The molecule has 0 aliphatic rings. The topological polar surface area (TPSA) is 50.3 Å². The van der Waals surface area contributed by atoms with Crippen LogP contribution in [0.3, 0.4) is 0 Å². The molecule has 0 saturated carbocycles. The standard InChI is InChI=1S/C15H20N4O/c1-4-16-14-9-15(18-11-17-14)19(2)10-12-5-7-13(20-3)8-6-12/h5-9,11H,4,10H2,1-3H3,(H,16,17,18). The molecule has 2 rings (SSSR count). The minimum atomic E-state index is 0.784. The van der Waals surface area contributed by atoms with Crippen LogP contribution in [-0.4, -0.2) is 30.7 Å². The van der Waals surface area contributed by atoms with Gasteiger partial charge in [-0.05, 0) is 24.6 Å². The monoisotopic (exact) mass is 272 g/mol. The zero-order valence-corrected chi connectivity index (χ0v) is 12.1.